The van der Waals surface area contributed by atoms with Crippen LogP contribution in [0.2, 0.25) is 0 Å². The molecule has 6 nitrogen and oxygen atoms in total. The average molecular weight is 490 g/mol. The van der Waals surface area contributed by atoms with Crippen molar-refractivity contribution in [1.29, 1.82) is 0 Å². The predicted molar refractivity (Wildman–Crippen MR) is 142 cm³/mol. The summed E-state index contributed by atoms with van der Waals surface area (Å²) in [6, 6.07) is 19.4. The van der Waals surface area contributed by atoms with Gasteiger partial charge in [-0.2, -0.15) is 0 Å². The van der Waals surface area contributed by atoms with Crippen molar-refractivity contribution < 1.29 is 14.3 Å². The van der Waals surface area contributed by atoms with Gasteiger partial charge in [-0.05, 0) is 61.7 Å². The van der Waals surface area contributed by atoms with Crippen molar-refractivity contribution in [2.75, 3.05) is 34.3 Å². The zero-order chi connectivity index (χ0) is 24.8. The molecule has 182 valence electrons. The van der Waals surface area contributed by atoms with Crippen molar-refractivity contribution in [2.24, 2.45) is 4.99 Å². The quantitative estimate of drug-likeness (QED) is 0.180. The van der Waals surface area contributed by atoms with E-state index in [0.29, 0.717) is 16.5 Å². The number of ether oxygens (including phenoxy) is 1. The summed E-state index contributed by atoms with van der Waals surface area (Å²) in [4.78, 5) is 34.4. The zero-order valence-corrected chi connectivity index (χ0v) is 21.2. The summed E-state index contributed by atoms with van der Waals surface area (Å²) < 4.78 is 5.01. The molecule has 0 bridgehead atoms. The molecule has 0 amide bonds. The van der Waals surface area contributed by atoms with Gasteiger partial charge < -0.3 is 14.5 Å². The monoisotopic (exact) mass is 489 g/mol. The van der Waals surface area contributed by atoms with Crippen LogP contribution in [-0.2, 0) is 9.53 Å². The largest absolute Gasteiger partial charge is 0.467 e. The number of nitrogens with zero attached hydrogens (tertiary/aromatic N) is 3. The highest BCUT2D eigenvalue weighted by atomic mass is 32.1. The molecule has 1 saturated heterocycles. The molecule has 3 aromatic rings. The number of piperidine rings is 1. The summed E-state index contributed by atoms with van der Waals surface area (Å²) in [6.07, 6.45) is 4.79. The van der Waals surface area contributed by atoms with Crippen LogP contribution in [0.15, 0.2) is 65.7 Å². The molecule has 0 spiro atoms. The van der Waals surface area contributed by atoms with Crippen molar-refractivity contribution >= 4 is 35.6 Å². The number of hydrogen-bond donors (Lipinski definition) is 0. The lowest BCUT2D eigenvalue weighted by Gasteiger charge is -2.29. The Bertz CT molecular complexity index is 1170. The van der Waals surface area contributed by atoms with E-state index in [9.17, 15) is 9.59 Å². The molecular weight excluding hydrogens is 458 g/mol. The van der Waals surface area contributed by atoms with Crippen LogP contribution in [0.1, 0.15) is 45.6 Å². The van der Waals surface area contributed by atoms with E-state index in [4.69, 9.17) is 4.74 Å². The Balaban J connectivity index is 1.52. The third-order valence-electron chi connectivity index (χ3n) is 6.56. The normalized spacial score (nSPS) is 15.7. The smallest absolute Gasteiger partial charge is 0.333 e. The Labute approximate surface area is 210 Å². The van der Waals surface area contributed by atoms with Crippen molar-refractivity contribution in [3.63, 3.8) is 0 Å². The van der Waals surface area contributed by atoms with Crippen LogP contribution in [0.4, 0.5) is 5.69 Å². The van der Waals surface area contributed by atoms with Crippen molar-refractivity contribution in [3.8, 4) is 10.4 Å². The Morgan fingerprint density at radius 2 is 1.83 bits per heavy atom. The minimum Gasteiger partial charge on any atom is -0.467 e. The molecule has 1 unspecified atom stereocenters. The second kappa shape index (κ2) is 11.4. The second-order valence-electron chi connectivity index (χ2n) is 8.92. The molecule has 1 atom stereocenters. The van der Waals surface area contributed by atoms with Crippen LogP contribution in [0, 0.1) is 0 Å². The van der Waals surface area contributed by atoms with Gasteiger partial charge >= 0.3 is 5.97 Å². The number of likely N-dealkylation sites (tertiary alicyclic amines) is 1. The molecule has 0 radical (unpaired) electrons. The summed E-state index contributed by atoms with van der Waals surface area (Å²) in [7, 11) is 5.32. The highest BCUT2D eigenvalue weighted by Crippen LogP contribution is 2.37. The maximum atomic E-state index is 12.5. The Morgan fingerprint density at radius 1 is 1.14 bits per heavy atom. The van der Waals surface area contributed by atoms with E-state index < -0.39 is 6.04 Å². The Morgan fingerprint density at radius 3 is 2.46 bits per heavy atom. The van der Waals surface area contributed by atoms with Gasteiger partial charge in [-0.3, -0.25) is 4.79 Å². The van der Waals surface area contributed by atoms with E-state index in [1.54, 1.807) is 18.3 Å². The molecule has 0 aliphatic carbocycles. The van der Waals surface area contributed by atoms with E-state index in [1.807, 2.05) is 36.4 Å². The lowest BCUT2D eigenvalue weighted by molar-refractivity contribution is -0.145. The third-order valence-corrected chi connectivity index (χ3v) is 7.66. The van der Waals surface area contributed by atoms with Gasteiger partial charge in [-0.1, -0.05) is 54.6 Å². The number of benzene rings is 2. The number of methoxy groups -OCH3 is 1. The van der Waals surface area contributed by atoms with E-state index in [-0.39, 0.29) is 5.97 Å². The second-order valence-corrected chi connectivity index (χ2v) is 10.0. The molecule has 2 heterocycles. The summed E-state index contributed by atoms with van der Waals surface area (Å²) in [5.41, 5.74) is 3.84. The van der Waals surface area contributed by atoms with Crippen LogP contribution in [0.5, 0.6) is 0 Å². The fraction of sp³-hybridized carbons (Fsp3) is 0.321. The van der Waals surface area contributed by atoms with Gasteiger partial charge in [0.2, 0.25) is 0 Å². The number of esters is 1. The van der Waals surface area contributed by atoms with Gasteiger partial charge in [0.1, 0.15) is 0 Å². The van der Waals surface area contributed by atoms with Gasteiger partial charge in [0.05, 0.1) is 24.0 Å². The third kappa shape index (κ3) is 5.86. The molecule has 1 fully saturated rings. The highest BCUT2D eigenvalue weighted by Gasteiger charge is 2.24. The van der Waals surface area contributed by atoms with Gasteiger partial charge in [-0.15, -0.1) is 11.3 Å². The maximum Gasteiger partial charge on any atom is 0.333 e. The number of hydrogen-bond acceptors (Lipinski definition) is 6. The van der Waals surface area contributed by atoms with E-state index in [2.05, 4.69) is 41.2 Å². The molecule has 0 N–H and O–H groups in total. The molecule has 1 aromatic heterocycles. The van der Waals surface area contributed by atoms with Crippen molar-refractivity contribution in [1.82, 2.24) is 9.80 Å². The summed E-state index contributed by atoms with van der Waals surface area (Å²) in [5.74, 6) is 0.230. The Kier molecular flexibility index (Phi) is 8.10. The topological polar surface area (TPSA) is 62.2 Å². The molecular formula is C28H31N3O3S. The van der Waals surface area contributed by atoms with E-state index in [0.717, 1.165) is 35.4 Å². The van der Waals surface area contributed by atoms with Gasteiger partial charge in [0.25, 0.3) is 0 Å². The molecule has 2 aromatic carbocycles. The fourth-order valence-electron chi connectivity index (χ4n) is 4.49. The van der Waals surface area contributed by atoms with Crippen LogP contribution >= 0.6 is 11.3 Å². The first kappa shape index (κ1) is 24.8. The number of aldehydes is 1. The standard InChI is InChI=1S/C28H31N3O3S/c1-30-15-13-21(14-16-30)20-9-11-22(12-10-20)25-17-24(26(18-32)35-25)29-19-31(2)27(28(33)34-3)23-7-5-4-6-8-23/h4-12,17-19,21,27H,13-16H2,1-3H3. The zero-order valence-electron chi connectivity index (χ0n) is 20.4. The number of carbonyl (C=O) groups is 2. The predicted octanol–water partition coefficient (Wildman–Crippen LogP) is 5.54. The van der Waals surface area contributed by atoms with Gasteiger partial charge in [-0.25, -0.2) is 9.79 Å². The lowest BCUT2D eigenvalue weighted by atomic mass is 9.89. The summed E-state index contributed by atoms with van der Waals surface area (Å²) >= 11 is 1.42. The number of carbonyl (C=O) groups excluding carboxylic acids is 2. The molecule has 0 saturated carbocycles. The van der Waals surface area contributed by atoms with E-state index >= 15 is 0 Å². The first-order valence-corrected chi connectivity index (χ1v) is 12.6. The van der Waals surface area contributed by atoms with Crippen LogP contribution in [-0.4, -0.2) is 62.7 Å². The van der Waals surface area contributed by atoms with E-state index in [1.165, 1.54) is 36.9 Å². The van der Waals surface area contributed by atoms with Crippen molar-refractivity contribution in [2.45, 2.75) is 24.8 Å². The molecule has 7 heteroatoms. The summed E-state index contributed by atoms with van der Waals surface area (Å²) in [6.45, 7) is 2.27. The maximum absolute atomic E-state index is 12.5. The van der Waals surface area contributed by atoms with Crippen LogP contribution < -0.4 is 0 Å². The number of likely N-dealkylation sites (N-methyl/N-ethyl adjacent to an activating group) is 1. The summed E-state index contributed by atoms with van der Waals surface area (Å²) in [5, 5.41) is 0. The van der Waals surface area contributed by atoms with Crippen LogP contribution in [0.25, 0.3) is 10.4 Å². The SMILES string of the molecule is COC(=O)C(c1ccccc1)N(C)C=Nc1cc(-c2ccc(C3CCN(C)CC3)cc2)sc1C=O. The average Bonchev–Trinajstić information content (AvgIpc) is 3.32. The lowest BCUT2D eigenvalue weighted by Crippen LogP contribution is -2.30. The number of thiophene rings is 1. The fourth-order valence-corrected chi connectivity index (χ4v) is 5.41. The van der Waals surface area contributed by atoms with Crippen molar-refractivity contribution in [3.05, 3.63) is 76.7 Å². The molecule has 1 aliphatic heterocycles. The molecule has 35 heavy (non-hydrogen) atoms. The van der Waals surface area contributed by atoms with Gasteiger partial charge in [0.15, 0.2) is 12.3 Å². The van der Waals surface area contributed by atoms with Crippen LogP contribution in [0.3, 0.4) is 0 Å². The number of rotatable bonds is 8. The minimum absolute atomic E-state index is 0.378. The minimum atomic E-state index is -0.630. The first-order valence-electron chi connectivity index (χ1n) is 11.8. The highest BCUT2D eigenvalue weighted by molar-refractivity contribution is 7.17. The Hall–Kier alpha value is -3.29. The molecule has 4 rings (SSSR count). The molecule has 1 aliphatic rings. The first-order chi connectivity index (χ1) is 17.0. The number of aliphatic imine (C=N–C) groups is 1. The van der Waals surface area contributed by atoms with Gasteiger partial charge in [0, 0.05) is 11.9 Å².